The highest BCUT2D eigenvalue weighted by molar-refractivity contribution is 7.40. The molecule has 0 bridgehead atoms. The molecule has 46 heteroatoms. The SMILES string of the molecule is O=C(CCN(CCC(=O)NCCN(COP(O)O)COP(O)O)CCN(CCC(=O)NCCN(CO[PH](=O)O)CO[PH](=O)O)CCC(=O)NCCN(CO[PH](=O)O)CO[PH](=O)O)NCCN(COP(O)O)COP(O)O. The number of hydrogen-bond acceptors (Lipinski definition) is 30. The molecule has 0 aromatic heterocycles. The maximum Gasteiger partial charge on any atom is 0.328 e. The first-order valence-electron chi connectivity index (χ1n) is 22.0. The van der Waals surface area contributed by atoms with Gasteiger partial charge in [0.05, 0.1) is 0 Å². The Balaban J connectivity index is 6.17. The smallest absolute Gasteiger partial charge is 0.328 e. The normalized spacial score (nSPS) is 13.8. The second-order valence-electron chi connectivity index (χ2n) is 14.9. The summed E-state index contributed by atoms with van der Waals surface area (Å²) in [5.41, 5.74) is 0. The topological polar surface area (TPSA) is 521 Å². The molecule has 0 aliphatic carbocycles. The maximum atomic E-state index is 13.0. The Labute approximate surface area is 444 Å². The Morgan fingerprint density at radius 1 is 0.316 bits per heavy atom. The number of amides is 4. The molecule has 4 unspecified atom stereocenters. The predicted octanol–water partition coefficient (Wildman–Crippen LogP) is -5.01. The third-order valence-corrected chi connectivity index (χ3v) is 12.1. The van der Waals surface area contributed by atoms with Gasteiger partial charge < -0.3 is 89.8 Å². The van der Waals surface area contributed by atoms with E-state index in [1.807, 2.05) is 0 Å². The van der Waals surface area contributed by atoms with Crippen molar-refractivity contribution >= 4 is 91.1 Å². The van der Waals surface area contributed by atoms with Gasteiger partial charge in [-0.15, -0.1) is 0 Å². The van der Waals surface area contributed by atoms with Gasteiger partial charge in [-0.05, 0) is 0 Å². The van der Waals surface area contributed by atoms with Crippen LogP contribution in [0.4, 0.5) is 0 Å². The number of carbonyl (C=O) groups is 4. The Morgan fingerprint density at radius 3 is 0.697 bits per heavy atom. The first kappa shape index (κ1) is 75.5. The van der Waals surface area contributed by atoms with Gasteiger partial charge in [0.15, 0.2) is 0 Å². The largest absolute Gasteiger partial charge is 0.355 e. The molecule has 0 aromatic carbocycles. The second-order valence-corrected chi connectivity index (χ2v) is 21.2. The summed E-state index contributed by atoms with van der Waals surface area (Å²) in [7, 11) is -24.6. The number of carbonyl (C=O) groups excluding carboxylic acids is 4. The van der Waals surface area contributed by atoms with E-state index < -0.39 is 145 Å². The average molecular weight is 1270 g/mol. The van der Waals surface area contributed by atoms with Crippen LogP contribution in [0.3, 0.4) is 0 Å². The van der Waals surface area contributed by atoms with Crippen LogP contribution < -0.4 is 21.3 Å². The van der Waals surface area contributed by atoms with Gasteiger partial charge in [-0.25, -0.2) is 0 Å². The van der Waals surface area contributed by atoms with Crippen molar-refractivity contribution < 1.29 is 132 Å². The van der Waals surface area contributed by atoms with Crippen LogP contribution in [-0.4, -0.2) is 257 Å². The van der Waals surface area contributed by atoms with Gasteiger partial charge in [0.1, 0.15) is 53.8 Å². The zero-order valence-corrected chi connectivity index (χ0v) is 48.3. The summed E-state index contributed by atoms with van der Waals surface area (Å²) in [4.78, 5) is 170. The van der Waals surface area contributed by atoms with Crippen molar-refractivity contribution in [1.29, 1.82) is 0 Å². The lowest BCUT2D eigenvalue weighted by molar-refractivity contribution is -0.123. The van der Waals surface area contributed by atoms with Crippen LogP contribution in [0.5, 0.6) is 0 Å². The van der Waals surface area contributed by atoms with E-state index >= 15 is 0 Å². The number of nitrogens with zero attached hydrogens (tertiary/aromatic N) is 6. The molecule has 4 amide bonds. The van der Waals surface area contributed by atoms with Crippen molar-refractivity contribution in [1.82, 2.24) is 50.7 Å². The second kappa shape index (κ2) is 48.1. The zero-order chi connectivity index (χ0) is 57.3. The summed E-state index contributed by atoms with van der Waals surface area (Å²) in [6.07, 6.45) is -0.591. The summed E-state index contributed by atoms with van der Waals surface area (Å²) in [5.74, 6) is -1.94. The summed E-state index contributed by atoms with van der Waals surface area (Å²) in [6, 6.07) is 0. The third-order valence-electron chi connectivity index (χ3n) is 9.26. The Hall–Kier alpha value is -0.520. The quantitative estimate of drug-likeness (QED) is 0.0200. The molecule has 0 rings (SSSR count). The minimum absolute atomic E-state index is 0.00271. The van der Waals surface area contributed by atoms with E-state index in [9.17, 15) is 37.4 Å². The van der Waals surface area contributed by atoms with Crippen LogP contribution in [-0.2, 0) is 73.6 Å². The highest BCUT2D eigenvalue weighted by Gasteiger charge is 2.19. The molecule has 450 valence electrons. The molecule has 0 saturated carbocycles. The molecular formula is C30H72N10O28P8. The lowest BCUT2D eigenvalue weighted by Gasteiger charge is -2.28. The fourth-order valence-electron chi connectivity index (χ4n) is 5.54. The Bertz CT molecular complexity index is 1510. The fourth-order valence-corrected chi connectivity index (χ4v) is 7.78. The van der Waals surface area contributed by atoms with Crippen LogP contribution in [0.15, 0.2) is 0 Å². The standard InChI is InChI=1S/C30H72N10O28P8/c41-27(31-5-13-37(19-61-69(45)46)20-62-70(47)48)1-9-35(10-2-28(42)32-6-14-38(21-63-71(49)50)22-64-72(51)52)17-18-36(11-3-29(43)33-7-15-39(23-65-73(53)54)24-66-74(55)56)12-4-30(44)34-8-16-40(25-67-75(57)58)26-68-76(59)60/h45-52,73-76H,1-26H2,(H,31,41)(H,32,42)(H,33,43)(H,34,44)(H,53,54)(H,55,56)(H,57,58)(H,59,60). The van der Waals surface area contributed by atoms with E-state index in [-0.39, 0.29) is 117 Å². The summed E-state index contributed by atoms with van der Waals surface area (Å²) < 4.78 is 81.9. The molecule has 0 saturated heterocycles. The van der Waals surface area contributed by atoms with Crippen molar-refractivity contribution in [2.24, 2.45) is 0 Å². The van der Waals surface area contributed by atoms with Crippen molar-refractivity contribution in [2.75, 3.05) is 145 Å². The molecule has 4 atom stereocenters. The zero-order valence-electron chi connectivity index (χ0n) is 40.8. The van der Waals surface area contributed by atoms with E-state index in [1.165, 1.54) is 19.6 Å². The van der Waals surface area contributed by atoms with Gasteiger partial charge in [-0.1, -0.05) is 0 Å². The molecule has 38 nitrogen and oxygen atoms in total. The molecule has 0 fully saturated rings. The van der Waals surface area contributed by atoms with Gasteiger partial charge in [0.2, 0.25) is 23.6 Å². The fraction of sp³-hybridized carbons (Fsp3) is 0.867. The number of hydrogen-bond donors (Lipinski definition) is 16. The van der Waals surface area contributed by atoms with Gasteiger partial charge in [0, 0.05) is 117 Å². The van der Waals surface area contributed by atoms with E-state index in [0.29, 0.717) is 0 Å². The van der Waals surface area contributed by atoms with Gasteiger partial charge in [-0.3, -0.25) is 93.2 Å². The molecule has 0 heterocycles. The minimum atomic E-state index is -3.37. The maximum absolute atomic E-state index is 13.0. The van der Waals surface area contributed by atoms with Crippen molar-refractivity contribution in [3.63, 3.8) is 0 Å². The monoisotopic (exact) mass is 1270 g/mol. The van der Waals surface area contributed by atoms with Crippen molar-refractivity contribution in [3.8, 4) is 0 Å². The molecule has 0 aliphatic rings. The Kier molecular flexibility index (Phi) is 47.7. The lowest BCUT2D eigenvalue weighted by atomic mass is 10.2. The summed E-state index contributed by atoms with van der Waals surface area (Å²) in [5, 5.41) is 10.6. The number of rotatable bonds is 51. The van der Waals surface area contributed by atoms with E-state index in [0.717, 1.165) is 0 Å². The van der Waals surface area contributed by atoms with Crippen LogP contribution in [0.2, 0.25) is 0 Å². The van der Waals surface area contributed by atoms with Crippen LogP contribution in [0, 0.1) is 0 Å². The summed E-state index contributed by atoms with van der Waals surface area (Å²) >= 11 is 0. The predicted molar refractivity (Wildman–Crippen MR) is 268 cm³/mol. The molecular weight excluding hydrogens is 1200 g/mol. The molecule has 0 radical (unpaired) electrons. The first-order valence-corrected chi connectivity index (χ1v) is 31.7. The first-order chi connectivity index (χ1) is 35.9. The number of nitrogens with one attached hydrogen (secondary N) is 4. The van der Waals surface area contributed by atoms with Gasteiger partial charge in [-0.2, -0.15) is 0 Å². The molecule has 76 heavy (non-hydrogen) atoms. The van der Waals surface area contributed by atoms with E-state index in [2.05, 4.69) is 39.4 Å². The highest BCUT2D eigenvalue weighted by atomic mass is 31.2. The van der Waals surface area contributed by atoms with Crippen LogP contribution >= 0.6 is 67.4 Å². The van der Waals surface area contributed by atoms with Gasteiger partial charge >= 0.3 is 67.4 Å². The van der Waals surface area contributed by atoms with Crippen LogP contribution in [0.1, 0.15) is 25.7 Å². The average Bonchev–Trinajstić information content (AvgIpc) is 3.33. The van der Waals surface area contributed by atoms with E-state index in [1.54, 1.807) is 9.80 Å². The lowest BCUT2D eigenvalue weighted by Crippen LogP contribution is -2.43. The Morgan fingerprint density at radius 2 is 0.513 bits per heavy atom. The highest BCUT2D eigenvalue weighted by Crippen LogP contribution is 2.28. The molecule has 0 aliphatic heterocycles. The summed E-state index contributed by atoms with van der Waals surface area (Å²) in [6.45, 7) is -3.40. The molecule has 16 N–H and O–H groups in total. The van der Waals surface area contributed by atoms with Crippen molar-refractivity contribution in [2.45, 2.75) is 25.7 Å². The van der Waals surface area contributed by atoms with Gasteiger partial charge in [0.25, 0.3) is 0 Å². The van der Waals surface area contributed by atoms with Crippen LogP contribution in [0.25, 0.3) is 0 Å². The molecule has 0 spiro atoms. The van der Waals surface area contributed by atoms with Crippen molar-refractivity contribution in [3.05, 3.63) is 0 Å². The third kappa shape index (κ3) is 49.3. The minimum Gasteiger partial charge on any atom is -0.355 e. The molecule has 0 aromatic rings. The van der Waals surface area contributed by atoms with E-state index in [4.69, 9.17) is 76.8 Å².